The quantitative estimate of drug-likeness (QED) is 0.540. The summed E-state index contributed by atoms with van der Waals surface area (Å²) in [5.74, 6) is -0.587. The summed E-state index contributed by atoms with van der Waals surface area (Å²) in [4.78, 5) is 23.1. The van der Waals surface area contributed by atoms with Crippen LogP contribution in [0.2, 0.25) is 0 Å². The number of amides is 2. The number of rotatable bonds is 1. The fourth-order valence-electron chi connectivity index (χ4n) is 1.49. The number of carbonyl (C=O) groups excluding carboxylic acids is 2. The molecule has 2 radical (unpaired) electrons. The first-order valence-corrected chi connectivity index (χ1v) is 4.82. The van der Waals surface area contributed by atoms with Gasteiger partial charge in [0.1, 0.15) is 0 Å². The third kappa shape index (κ3) is 1.46. The van der Waals surface area contributed by atoms with Crippen LogP contribution >= 0.6 is 0 Å². The highest BCUT2D eigenvalue weighted by Gasteiger charge is 2.30. The molecule has 15 heavy (non-hydrogen) atoms. The highest BCUT2D eigenvalue weighted by molar-refractivity contribution is 6.36. The molecule has 5 heteroatoms. The van der Waals surface area contributed by atoms with Gasteiger partial charge in [0.05, 0.1) is 11.1 Å². The summed E-state index contributed by atoms with van der Waals surface area (Å²) in [6.45, 7) is 0. The van der Waals surface area contributed by atoms with Crippen LogP contribution in [-0.4, -0.2) is 32.2 Å². The van der Waals surface area contributed by atoms with Gasteiger partial charge in [-0.2, -0.15) is 0 Å². The zero-order chi connectivity index (χ0) is 11.0. The van der Waals surface area contributed by atoms with Crippen LogP contribution in [-0.2, 0) is 0 Å². The highest BCUT2D eigenvalue weighted by Crippen LogP contribution is 2.22. The molecular weight excluding hydrogens is 207 g/mol. The van der Waals surface area contributed by atoms with Gasteiger partial charge in [-0.3, -0.25) is 9.59 Å². The van der Waals surface area contributed by atoms with Gasteiger partial charge in [0.15, 0.2) is 0 Å². The number of hydrogen-bond acceptors (Lipinski definition) is 3. The molecule has 1 heterocycles. The van der Waals surface area contributed by atoms with Gasteiger partial charge in [-0.15, -0.1) is 0 Å². The van der Waals surface area contributed by atoms with Gasteiger partial charge in [0.2, 0.25) is 11.8 Å². The van der Waals surface area contributed by atoms with Gasteiger partial charge in [-0.05, 0) is 30.0 Å². The van der Waals surface area contributed by atoms with Crippen molar-refractivity contribution in [3.63, 3.8) is 0 Å². The molecule has 1 aromatic carbocycles. The van der Waals surface area contributed by atoms with E-state index in [2.05, 4.69) is 16.5 Å². The smallest absolute Gasteiger partial charge is 0.328 e. The Hall–Kier alpha value is -1.57. The molecule has 0 saturated carbocycles. The molecule has 1 aromatic rings. The maximum Gasteiger partial charge on any atom is 0.328 e. The fraction of sp³-hybridized carbons (Fsp3) is 0. The third-order valence-corrected chi connectivity index (χ3v) is 2.70. The van der Waals surface area contributed by atoms with Crippen LogP contribution in [0.4, 0.5) is 0 Å². The van der Waals surface area contributed by atoms with Crippen LogP contribution in [0.5, 0.6) is 0 Å². The minimum absolute atomic E-state index is 0.289. The van der Waals surface area contributed by atoms with Crippen molar-refractivity contribution in [3.05, 3.63) is 41.1 Å². The van der Waals surface area contributed by atoms with Gasteiger partial charge in [0, 0.05) is 0 Å². The second-order valence-corrected chi connectivity index (χ2v) is 3.66. The Labute approximate surface area is 95.0 Å². The lowest BCUT2D eigenvalue weighted by molar-refractivity contribution is 0.0766. The Balaban J connectivity index is 2.56. The first kappa shape index (κ1) is 9.97. The van der Waals surface area contributed by atoms with E-state index >= 15 is 0 Å². The van der Waals surface area contributed by atoms with Gasteiger partial charge in [-0.1, -0.05) is 6.07 Å². The summed E-state index contributed by atoms with van der Waals surface area (Å²) < 4.78 is 1.03. The molecule has 72 valence electrons. The lowest BCUT2D eigenvalue weighted by Gasteiger charge is -2.05. The molecule has 4 nitrogen and oxygen atoms in total. The first-order chi connectivity index (χ1) is 7.15. The topological polar surface area (TPSA) is 63.4 Å². The van der Waals surface area contributed by atoms with Crippen molar-refractivity contribution in [2.24, 2.45) is 5.73 Å². The van der Waals surface area contributed by atoms with E-state index in [-0.39, 0.29) is 11.8 Å². The normalized spacial score (nSPS) is 15.1. The summed E-state index contributed by atoms with van der Waals surface area (Å²) in [6.07, 6.45) is 3.06. The molecule has 2 N–H and O–H groups in total. The molecule has 0 fully saturated rings. The average Bonchev–Trinajstić information content (AvgIpc) is 2.45. The Kier molecular flexibility index (Phi) is 2.35. The summed E-state index contributed by atoms with van der Waals surface area (Å²) in [5, 5.41) is 0. The van der Waals surface area contributed by atoms with E-state index in [1.165, 1.54) is 6.20 Å². The number of fused-ring (bicyclic) bond motifs is 1. The van der Waals surface area contributed by atoms with Gasteiger partial charge >= 0.3 is 16.5 Å². The zero-order valence-corrected chi connectivity index (χ0v) is 8.96. The minimum Gasteiger partial charge on any atom is -0.405 e. The van der Waals surface area contributed by atoms with Crippen molar-refractivity contribution < 1.29 is 9.59 Å². The predicted molar refractivity (Wildman–Crippen MR) is 55.9 cm³/mol. The van der Waals surface area contributed by atoms with Crippen molar-refractivity contribution >= 4 is 34.4 Å². The van der Waals surface area contributed by atoms with Crippen LogP contribution in [0.15, 0.2) is 24.4 Å². The van der Waals surface area contributed by atoms with E-state index in [1.54, 1.807) is 24.3 Å². The Bertz CT molecular complexity index is 482. The lowest BCUT2D eigenvalue weighted by atomic mass is 10.1. The SMILES string of the molecule is N/C=C/c1ccc2c(c1)C(=O)[N]([Al])C2=O. The minimum atomic E-state index is -0.299. The molecular formula is C10H7AlN2O2. The Morgan fingerprint density at radius 2 is 1.87 bits per heavy atom. The molecule has 0 aliphatic carbocycles. The largest absolute Gasteiger partial charge is 0.405 e. The molecule has 2 rings (SSSR count). The van der Waals surface area contributed by atoms with Crippen LogP contribution < -0.4 is 5.73 Å². The summed E-state index contributed by atoms with van der Waals surface area (Å²) in [5.41, 5.74) is 6.91. The molecule has 2 amide bonds. The van der Waals surface area contributed by atoms with Crippen LogP contribution in [0.25, 0.3) is 6.08 Å². The molecule has 0 atom stereocenters. The zero-order valence-electron chi connectivity index (χ0n) is 7.81. The van der Waals surface area contributed by atoms with Crippen molar-refractivity contribution in [1.82, 2.24) is 3.88 Å². The number of imide groups is 1. The van der Waals surface area contributed by atoms with Crippen LogP contribution in [0.3, 0.4) is 0 Å². The number of hydrogen-bond donors (Lipinski definition) is 1. The maximum atomic E-state index is 11.6. The summed E-state index contributed by atoms with van der Waals surface area (Å²) in [6, 6.07) is 5.04. The standard InChI is InChI=1S/C10H8N2O2.Al/c11-4-3-6-1-2-7-8(5-6)10(14)12-9(7)13;/h1-5H,(H3,11,12,13,14);/q;+1/p-1. The van der Waals surface area contributed by atoms with Crippen molar-refractivity contribution in [2.75, 3.05) is 0 Å². The fourth-order valence-corrected chi connectivity index (χ4v) is 1.77. The van der Waals surface area contributed by atoms with E-state index in [9.17, 15) is 9.59 Å². The first-order valence-electron chi connectivity index (χ1n) is 4.31. The van der Waals surface area contributed by atoms with Crippen molar-refractivity contribution in [3.8, 4) is 0 Å². The average molecular weight is 214 g/mol. The number of nitrogens with zero attached hydrogens (tertiary/aromatic N) is 1. The second kappa shape index (κ2) is 3.54. The van der Waals surface area contributed by atoms with Crippen molar-refractivity contribution in [2.45, 2.75) is 0 Å². The molecule has 1 aliphatic heterocycles. The van der Waals surface area contributed by atoms with Crippen LogP contribution in [0, 0.1) is 0 Å². The van der Waals surface area contributed by atoms with E-state index in [1.807, 2.05) is 0 Å². The molecule has 0 saturated heterocycles. The van der Waals surface area contributed by atoms with E-state index < -0.39 is 0 Å². The second-order valence-electron chi connectivity index (χ2n) is 3.14. The monoisotopic (exact) mass is 214 g/mol. The van der Waals surface area contributed by atoms with Gasteiger partial charge in [0.25, 0.3) is 0 Å². The number of benzene rings is 1. The van der Waals surface area contributed by atoms with Crippen LogP contribution in [0.1, 0.15) is 26.3 Å². The summed E-state index contributed by atoms with van der Waals surface area (Å²) >= 11 is 2.11. The van der Waals surface area contributed by atoms with E-state index in [0.29, 0.717) is 11.1 Å². The van der Waals surface area contributed by atoms with Crippen molar-refractivity contribution in [1.29, 1.82) is 0 Å². The molecule has 0 aromatic heterocycles. The lowest BCUT2D eigenvalue weighted by Crippen LogP contribution is -2.26. The van der Waals surface area contributed by atoms with Gasteiger partial charge in [-0.25, -0.2) is 0 Å². The van der Waals surface area contributed by atoms with Gasteiger partial charge < -0.3 is 9.62 Å². The Morgan fingerprint density at radius 1 is 1.20 bits per heavy atom. The summed E-state index contributed by atoms with van der Waals surface area (Å²) in [7, 11) is 0. The maximum absolute atomic E-state index is 11.6. The highest BCUT2D eigenvalue weighted by atomic mass is 27.1. The number of nitrogens with two attached hydrogens (primary N) is 1. The van der Waals surface area contributed by atoms with E-state index in [4.69, 9.17) is 5.73 Å². The predicted octanol–water partition coefficient (Wildman–Crippen LogP) is 0.296. The molecule has 0 bridgehead atoms. The number of carbonyl (C=O) groups is 2. The molecule has 0 unspecified atom stereocenters. The van der Waals surface area contributed by atoms with E-state index in [0.717, 1.165) is 9.45 Å². The molecule has 1 aliphatic rings. The molecule has 0 spiro atoms. The Morgan fingerprint density at radius 3 is 2.53 bits per heavy atom. The third-order valence-electron chi connectivity index (χ3n) is 2.23.